The van der Waals surface area contributed by atoms with Crippen molar-refractivity contribution in [2.24, 2.45) is 11.8 Å². The van der Waals surface area contributed by atoms with Crippen LogP contribution >= 0.6 is 0 Å². The fourth-order valence-electron chi connectivity index (χ4n) is 3.40. The average Bonchev–Trinajstić information content (AvgIpc) is 2.55. The lowest BCUT2D eigenvalue weighted by Crippen LogP contribution is -2.42. The van der Waals surface area contributed by atoms with Gasteiger partial charge in [0.2, 0.25) is 11.8 Å². The number of nitrogens with one attached hydrogen (secondary N) is 1. The van der Waals surface area contributed by atoms with Gasteiger partial charge in [-0.3, -0.25) is 9.59 Å². The molecule has 1 aliphatic carbocycles. The molecular weight excluding hydrogens is 268 g/mol. The monoisotopic (exact) mass is 296 g/mol. The van der Waals surface area contributed by atoms with Crippen LogP contribution in [0.15, 0.2) is 0 Å². The molecule has 0 unspecified atom stereocenters. The van der Waals surface area contributed by atoms with Crippen LogP contribution in [0.1, 0.15) is 44.9 Å². The number of hydrogen-bond donors (Lipinski definition) is 1. The summed E-state index contributed by atoms with van der Waals surface area (Å²) in [7, 11) is 1.63. The van der Waals surface area contributed by atoms with Gasteiger partial charge in [-0.05, 0) is 44.9 Å². The Bertz CT molecular complexity index is 345. The summed E-state index contributed by atoms with van der Waals surface area (Å²) in [6.07, 6.45) is 6.92. The zero-order valence-corrected chi connectivity index (χ0v) is 13.1. The fraction of sp³-hybridized carbons (Fsp3) is 0.875. The summed E-state index contributed by atoms with van der Waals surface area (Å²) >= 11 is 0. The lowest BCUT2D eigenvalue weighted by atomic mass is 9.80. The Morgan fingerprint density at radius 3 is 2.29 bits per heavy atom. The van der Waals surface area contributed by atoms with Crippen LogP contribution in [-0.2, 0) is 14.3 Å². The quantitative estimate of drug-likeness (QED) is 0.783. The number of likely N-dealkylation sites (tertiary alicyclic amines) is 1. The maximum atomic E-state index is 12.4. The van der Waals surface area contributed by atoms with Gasteiger partial charge < -0.3 is 15.0 Å². The summed E-state index contributed by atoms with van der Waals surface area (Å²) in [6.45, 7) is 2.98. The molecule has 5 heteroatoms. The molecule has 2 rings (SSSR count). The van der Waals surface area contributed by atoms with Gasteiger partial charge in [0.15, 0.2) is 0 Å². The number of ether oxygens (including phenoxy) is 1. The van der Waals surface area contributed by atoms with E-state index in [-0.39, 0.29) is 17.7 Å². The lowest BCUT2D eigenvalue weighted by molar-refractivity contribution is -0.139. The minimum absolute atomic E-state index is 0.0762. The summed E-state index contributed by atoms with van der Waals surface area (Å²) in [6, 6.07) is 0. The SMILES string of the molecule is COCCNC(=O)C1CCC(C(=O)N2CCCCC2)CC1. The van der Waals surface area contributed by atoms with Gasteiger partial charge >= 0.3 is 0 Å². The van der Waals surface area contributed by atoms with E-state index in [1.165, 1.54) is 6.42 Å². The summed E-state index contributed by atoms with van der Waals surface area (Å²) in [5, 5.41) is 2.90. The Balaban J connectivity index is 1.72. The Morgan fingerprint density at radius 1 is 1.05 bits per heavy atom. The predicted molar refractivity (Wildman–Crippen MR) is 80.8 cm³/mol. The van der Waals surface area contributed by atoms with Gasteiger partial charge in [0.05, 0.1) is 6.61 Å². The second-order valence-corrected chi connectivity index (χ2v) is 6.22. The van der Waals surface area contributed by atoms with E-state index in [1.807, 2.05) is 4.90 Å². The van der Waals surface area contributed by atoms with E-state index in [0.717, 1.165) is 51.6 Å². The predicted octanol–water partition coefficient (Wildman–Crippen LogP) is 1.57. The highest BCUT2D eigenvalue weighted by atomic mass is 16.5. The first-order chi connectivity index (χ1) is 10.2. The van der Waals surface area contributed by atoms with Crippen LogP contribution in [0.3, 0.4) is 0 Å². The molecule has 1 saturated carbocycles. The molecule has 1 aliphatic heterocycles. The number of piperidine rings is 1. The second kappa shape index (κ2) is 8.37. The van der Waals surface area contributed by atoms with Crippen LogP contribution in [0.5, 0.6) is 0 Å². The van der Waals surface area contributed by atoms with E-state index < -0.39 is 0 Å². The normalized spacial score (nSPS) is 26.4. The van der Waals surface area contributed by atoms with E-state index in [2.05, 4.69) is 5.32 Å². The highest BCUT2D eigenvalue weighted by molar-refractivity contribution is 5.81. The minimum Gasteiger partial charge on any atom is -0.383 e. The molecule has 0 bridgehead atoms. The molecule has 0 aromatic carbocycles. The molecule has 2 amide bonds. The number of carbonyl (C=O) groups is 2. The maximum absolute atomic E-state index is 12.4. The van der Waals surface area contributed by atoms with E-state index in [9.17, 15) is 9.59 Å². The summed E-state index contributed by atoms with van der Waals surface area (Å²) in [5.41, 5.74) is 0. The molecule has 1 heterocycles. The lowest BCUT2D eigenvalue weighted by Gasteiger charge is -2.33. The Kier molecular flexibility index (Phi) is 6.49. The van der Waals surface area contributed by atoms with Crippen LogP contribution < -0.4 is 5.32 Å². The van der Waals surface area contributed by atoms with Crippen molar-refractivity contribution in [1.29, 1.82) is 0 Å². The van der Waals surface area contributed by atoms with Crippen molar-refractivity contribution < 1.29 is 14.3 Å². The fourth-order valence-corrected chi connectivity index (χ4v) is 3.40. The van der Waals surface area contributed by atoms with Crippen molar-refractivity contribution in [3.05, 3.63) is 0 Å². The first kappa shape index (κ1) is 16.3. The van der Waals surface area contributed by atoms with Crippen molar-refractivity contribution in [2.45, 2.75) is 44.9 Å². The van der Waals surface area contributed by atoms with Gasteiger partial charge in [-0.1, -0.05) is 0 Å². The first-order valence-corrected chi connectivity index (χ1v) is 8.28. The maximum Gasteiger partial charge on any atom is 0.225 e. The molecule has 2 aliphatic rings. The van der Waals surface area contributed by atoms with E-state index in [1.54, 1.807) is 7.11 Å². The van der Waals surface area contributed by atoms with Crippen LogP contribution in [0.4, 0.5) is 0 Å². The van der Waals surface area contributed by atoms with Crippen molar-refractivity contribution in [3.63, 3.8) is 0 Å². The van der Waals surface area contributed by atoms with Crippen LogP contribution in [0, 0.1) is 11.8 Å². The Morgan fingerprint density at radius 2 is 1.67 bits per heavy atom. The summed E-state index contributed by atoms with van der Waals surface area (Å²) in [5.74, 6) is 0.669. The molecule has 21 heavy (non-hydrogen) atoms. The van der Waals surface area contributed by atoms with Crippen LogP contribution in [0.2, 0.25) is 0 Å². The van der Waals surface area contributed by atoms with Gasteiger partial charge in [-0.15, -0.1) is 0 Å². The van der Waals surface area contributed by atoms with Gasteiger partial charge in [0.25, 0.3) is 0 Å². The smallest absolute Gasteiger partial charge is 0.225 e. The van der Waals surface area contributed by atoms with E-state index in [4.69, 9.17) is 4.74 Å². The largest absolute Gasteiger partial charge is 0.383 e. The van der Waals surface area contributed by atoms with Crippen molar-refractivity contribution in [3.8, 4) is 0 Å². The van der Waals surface area contributed by atoms with Gasteiger partial charge in [-0.2, -0.15) is 0 Å². The number of rotatable bonds is 5. The van der Waals surface area contributed by atoms with Crippen LogP contribution in [0.25, 0.3) is 0 Å². The second-order valence-electron chi connectivity index (χ2n) is 6.22. The summed E-state index contributed by atoms with van der Waals surface area (Å²) in [4.78, 5) is 26.5. The topological polar surface area (TPSA) is 58.6 Å². The average molecular weight is 296 g/mol. The number of amides is 2. The first-order valence-electron chi connectivity index (χ1n) is 8.28. The van der Waals surface area contributed by atoms with Crippen LogP contribution in [-0.4, -0.2) is 50.1 Å². The zero-order valence-electron chi connectivity index (χ0n) is 13.1. The standard InChI is InChI=1S/C16H28N2O3/c1-21-12-9-17-15(19)13-5-7-14(8-6-13)16(20)18-10-3-2-4-11-18/h13-14H,2-12H2,1H3,(H,17,19). The highest BCUT2D eigenvalue weighted by Crippen LogP contribution is 2.30. The Hall–Kier alpha value is -1.10. The van der Waals surface area contributed by atoms with E-state index >= 15 is 0 Å². The molecule has 2 fully saturated rings. The van der Waals surface area contributed by atoms with Crippen molar-refractivity contribution >= 4 is 11.8 Å². The molecule has 0 radical (unpaired) electrons. The van der Waals surface area contributed by atoms with Crippen molar-refractivity contribution in [2.75, 3.05) is 33.4 Å². The molecule has 0 aromatic rings. The number of carbonyl (C=O) groups excluding carboxylic acids is 2. The number of methoxy groups -OCH3 is 1. The third-order valence-electron chi connectivity index (χ3n) is 4.72. The molecule has 120 valence electrons. The third-order valence-corrected chi connectivity index (χ3v) is 4.72. The molecule has 0 aromatic heterocycles. The van der Waals surface area contributed by atoms with E-state index in [0.29, 0.717) is 19.1 Å². The van der Waals surface area contributed by atoms with Gasteiger partial charge in [-0.25, -0.2) is 0 Å². The van der Waals surface area contributed by atoms with Gasteiger partial charge in [0, 0.05) is 38.6 Å². The number of nitrogens with zero attached hydrogens (tertiary/aromatic N) is 1. The zero-order chi connectivity index (χ0) is 15.1. The molecule has 1 N–H and O–H groups in total. The van der Waals surface area contributed by atoms with Gasteiger partial charge in [0.1, 0.15) is 0 Å². The molecule has 0 atom stereocenters. The summed E-state index contributed by atoms with van der Waals surface area (Å²) < 4.78 is 4.93. The molecule has 1 saturated heterocycles. The highest BCUT2D eigenvalue weighted by Gasteiger charge is 2.32. The third kappa shape index (κ3) is 4.70. The molecular formula is C16H28N2O3. The molecule has 0 spiro atoms. The number of hydrogen-bond acceptors (Lipinski definition) is 3. The molecule has 5 nitrogen and oxygen atoms in total. The Labute approximate surface area is 127 Å². The minimum atomic E-state index is 0.0762. The van der Waals surface area contributed by atoms with Crippen molar-refractivity contribution in [1.82, 2.24) is 10.2 Å².